The highest BCUT2D eigenvalue weighted by Crippen LogP contribution is 2.45. The third-order valence-electron chi connectivity index (χ3n) is 2.19. The van der Waals surface area contributed by atoms with E-state index in [1.165, 1.54) is 7.11 Å². The van der Waals surface area contributed by atoms with Crippen LogP contribution in [-0.2, 0) is 13.6 Å². The summed E-state index contributed by atoms with van der Waals surface area (Å²) < 4.78 is 21.5. The highest BCUT2D eigenvalue weighted by Gasteiger charge is 2.27. The van der Waals surface area contributed by atoms with Crippen molar-refractivity contribution in [1.29, 1.82) is 0 Å². The maximum Gasteiger partial charge on any atom is 0.449 e. The van der Waals surface area contributed by atoms with Gasteiger partial charge in [0.05, 0.1) is 6.61 Å². The van der Waals surface area contributed by atoms with E-state index in [2.05, 4.69) is 15.5 Å². The third-order valence-corrected chi connectivity index (χ3v) is 3.50. The monoisotopic (exact) mass is 241 g/mol. The second-order valence-electron chi connectivity index (χ2n) is 3.22. The summed E-state index contributed by atoms with van der Waals surface area (Å²) in [6.45, 7) is 0.172. The van der Waals surface area contributed by atoms with Gasteiger partial charge >= 0.3 is 7.75 Å². The van der Waals surface area contributed by atoms with E-state index >= 15 is 0 Å². The van der Waals surface area contributed by atoms with Crippen LogP contribution in [0.2, 0.25) is 0 Å². The van der Waals surface area contributed by atoms with Crippen molar-refractivity contribution in [2.45, 2.75) is 6.04 Å². The lowest BCUT2D eigenvalue weighted by atomic mass is 10.1. The van der Waals surface area contributed by atoms with E-state index in [9.17, 15) is 4.57 Å². The van der Waals surface area contributed by atoms with Gasteiger partial charge in [0.2, 0.25) is 0 Å². The first-order chi connectivity index (χ1) is 7.73. The molecule has 1 aromatic carbocycles. The average molecular weight is 241 g/mol. The van der Waals surface area contributed by atoms with E-state index < -0.39 is 7.75 Å². The van der Waals surface area contributed by atoms with Crippen LogP contribution in [0.1, 0.15) is 11.6 Å². The minimum absolute atomic E-state index is 0.172. The Morgan fingerprint density at radius 1 is 1.50 bits per heavy atom. The van der Waals surface area contributed by atoms with Crippen LogP contribution in [0.5, 0.6) is 0 Å². The smallest absolute Gasteiger partial charge is 0.295 e. The molecule has 7 heteroatoms. The van der Waals surface area contributed by atoms with Crippen LogP contribution in [-0.4, -0.2) is 13.7 Å². The molecule has 0 fully saturated rings. The molecule has 1 aliphatic heterocycles. The van der Waals surface area contributed by atoms with Crippen molar-refractivity contribution in [3.05, 3.63) is 35.9 Å². The standard InChI is InChI=1S/C9H12N3O3P/c1-14-16(13)12-11-10-9(7-15-16)8-5-3-2-4-6-8/h2-6,9H,7H2,1H3,(H,10,12,13). The molecule has 86 valence electrons. The molecule has 0 bridgehead atoms. The van der Waals surface area contributed by atoms with Gasteiger partial charge in [0.1, 0.15) is 6.04 Å². The van der Waals surface area contributed by atoms with Crippen LogP contribution in [0.3, 0.4) is 0 Å². The lowest BCUT2D eigenvalue weighted by Gasteiger charge is -2.12. The third kappa shape index (κ3) is 2.47. The molecule has 0 aliphatic carbocycles. The molecular weight excluding hydrogens is 229 g/mol. The van der Waals surface area contributed by atoms with Gasteiger partial charge in [-0.25, -0.2) is 4.57 Å². The quantitative estimate of drug-likeness (QED) is 0.807. The topological polar surface area (TPSA) is 72.3 Å². The highest BCUT2D eigenvalue weighted by atomic mass is 31.2. The molecule has 0 spiro atoms. The molecule has 0 amide bonds. The first kappa shape index (κ1) is 11.3. The largest absolute Gasteiger partial charge is 0.449 e. The zero-order chi connectivity index (χ0) is 11.4. The van der Waals surface area contributed by atoms with Crippen molar-refractivity contribution in [1.82, 2.24) is 5.20 Å². The molecule has 0 saturated heterocycles. The number of rotatable bonds is 2. The Kier molecular flexibility index (Phi) is 3.33. The molecule has 1 aliphatic rings. The average Bonchev–Trinajstić information content (AvgIpc) is 2.53. The molecule has 6 nitrogen and oxygen atoms in total. The van der Waals surface area contributed by atoms with Crippen molar-refractivity contribution < 1.29 is 13.6 Å². The summed E-state index contributed by atoms with van der Waals surface area (Å²) in [7, 11) is -2.01. The van der Waals surface area contributed by atoms with Crippen LogP contribution >= 0.6 is 7.75 Å². The van der Waals surface area contributed by atoms with Gasteiger partial charge in [0.25, 0.3) is 0 Å². The van der Waals surface area contributed by atoms with Crippen molar-refractivity contribution in [2.75, 3.05) is 13.7 Å². The molecule has 16 heavy (non-hydrogen) atoms. The van der Waals surface area contributed by atoms with Gasteiger partial charge in [-0.2, -0.15) is 10.3 Å². The minimum atomic E-state index is -3.31. The van der Waals surface area contributed by atoms with Gasteiger partial charge < -0.3 is 0 Å². The molecule has 0 aromatic heterocycles. The van der Waals surface area contributed by atoms with Crippen molar-refractivity contribution >= 4 is 7.75 Å². The maximum atomic E-state index is 11.7. The van der Waals surface area contributed by atoms with Crippen LogP contribution < -0.4 is 5.20 Å². The molecule has 1 heterocycles. The van der Waals surface area contributed by atoms with Crippen molar-refractivity contribution in [3.8, 4) is 0 Å². The molecule has 1 aromatic rings. The van der Waals surface area contributed by atoms with E-state index in [1.54, 1.807) is 0 Å². The van der Waals surface area contributed by atoms with Crippen molar-refractivity contribution in [2.24, 2.45) is 10.3 Å². The summed E-state index contributed by atoms with van der Waals surface area (Å²) in [5.41, 5.74) is 0.956. The predicted molar refractivity (Wildman–Crippen MR) is 57.7 cm³/mol. The van der Waals surface area contributed by atoms with Gasteiger partial charge in [-0.3, -0.25) is 9.05 Å². The molecule has 0 saturated carbocycles. The van der Waals surface area contributed by atoms with Gasteiger partial charge in [-0.1, -0.05) is 35.6 Å². The lowest BCUT2D eigenvalue weighted by molar-refractivity contribution is 0.221. The first-order valence-corrected chi connectivity index (χ1v) is 6.30. The van der Waals surface area contributed by atoms with Gasteiger partial charge in [0, 0.05) is 7.11 Å². The van der Waals surface area contributed by atoms with Crippen molar-refractivity contribution in [3.63, 3.8) is 0 Å². The van der Waals surface area contributed by atoms with E-state index in [0.717, 1.165) is 5.56 Å². The Morgan fingerprint density at radius 3 is 2.94 bits per heavy atom. The second kappa shape index (κ2) is 4.74. The first-order valence-electron chi connectivity index (χ1n) is 4.76. The van der Waals surface area contributed by atoms with Crippen LogP contribution in [0, 0.1) is 0 Å². The molecule has 2 rings (SSSR count). The Bertz CT molecular complexity index is 423. The number of nitrogens with one attached hydrogen (secondary N) is 1. The SMILES string of the molecule is COP1(=O)NN=NC(c2ccccc2)CO1. The summed E-state index contributed by atoms with van der Waals surface area (Å²) in [4.78, 5) is 0. The summed E-state index contributed by atoms with van der Waals surface area (Å²) >= 11 is 0. The van der Waals surface area contributed by atoms with Crippen LogP contribution in [0.25, 0.3) is 0 Å². The Hall–Kier alpha value is -1.23. The summed E-state index contributed by atoms with van der Waals surface area (Å²) in [5, 5.41) is 9.86. The Balaban J connectivity index is 2.14. The molecule has 0 radical (unpaired) electrons. The molecular formula is C9H12N3O3P. The zero-order valence-electron chi connectivity index (χ0n) is 8.74. The number of hydrogen-bond acceptors (Lipinski definition) is 5. The van der Waals surface area contributed by atoms with E-state index in [-0.39, 0.29) is 12.6 Å². The second-order valence-corrected chi connectivity index (χ2v) is 5.04. The van der Waals surface area contributed by atoms with Gasteiger partial charge in [-0.05, 0) is 5.56 Å². The van der Waals surface area contributed by atoms with Gasteiger partial charge in [-0.15, -0.1) is 0 Å². The van der Waals surface area contributed by atoms with E-state index in [4.69, 9.17) is 9.05 Å². The lowest BCUT2D eigenvalue weighted by Crippen LogP contribution is -2.06. The maximum absolute atomic E-state index is 11.7. The van der Waals surface area contributed by atoms with E-state index in [1.807, 2.05) is 30.3 Å². The predicted octanol–water partition coefficient (Wildman–Crippen LogP) is 2.47. The zero-order valence-corrected chi connectivity index (χ0v) is 9.63. The summed E-state index contributed by atoms with van der Waals surface area (Å²) in [5.74, 6) is 0. The number of hydrogen-bond donors (Lipinski definition) is 1. The highest BCUT2D eigenvalue weighted by molar-refractivity contribution is 7.51. The summed E-state index contributed by atoms with van der Waals surface area (Å²) in [6.07, 6.45) is 0. The summed E-state index contributed by atoms with van der Waals surface area (Å²) in [6, 6.07) is 9.28. The fourth-order valence-electron chi connectivity index (χ4n) is 1.31. The Labute approximate surface area is 93.2 Å². The molecule has 1 N–H and O–H groups in total. The number of nitrogens with zero attached hydrogens (tertiary/aromatic N) is 2. The minimum Gasteiger partial charge on any atom is -0.295 e. The fourth-order valence-corrected chi connectivity index (χ4v) is 2.06. The van der Waals surface area contributed by atoms with Crippen LogP contribution in [0.15, 0.2) is 40.7 Å². The molecule has 2 atom stereocenters. The van der Waals surface area contributed by atoms with E-state index in [0.29, 0.717) is 0 Å². The Morgan fingerprint density at radius 2 is 2.25 bits per heavy atom. The van der Waals surface area contributed by atoms with Crippen LogP contribution in [0.4, 0.5) is 0 Å². The fraction of sp³-hybridized carbons (Fsp3) is 0.333. The van der Waals surface area contributed by atoms with Gasteiger partial charge in [0.15, 0.2) is 0 Å². The normalized spacial score (nSPS) is 29.4. The number of benzene rings is 1. The molecule has 2 unspecified atom stereocenters.